The molecule has 1 unspecified atom stereocenters. The highest BCUT2D eigenvalue weighted by Crippen LogP contribution is 2.23. The molecular formula is C7H19ClN2Si. The van der Waals surface area contributed by atoms with E-state index in [-0.39, 0.29) is 0 Å². The minimum absolute atomic E-state index is 0.527. The normalized spacial score (nSPS) is 17.5. The van der Waals surface area contributed by atoms with Crippen LogP contribution in [0.2, 0.25) is 5.54 Å². The largest absolute Gasteiger partial charge is 0.313 e. The molecule has 0 heterocycles. The van der Waals surface area contributed by atoms with Crippen molar-refractivity contribution in [3.8, 4) is 0 Å². The summed E-state index contributed by atoms with van der Waals surface area (Å²) in [5.41, 5.74) is 0.527. The van der Waals surface area contributed by atoms with Crippen LogP contribution in [0.3, 0.4) is 0 Å². The number of hydrogen-bond acceptors (Lipinski definition) is 2. The third-order valence-corrected chi connectivity index (χ3v) is 8.25. The van der Waals surface area contributed by atoms with Gasteiger partial charge in [-0.25, -0.2) is 0 Å². The summed E-state index contributed by atoms with van der Waals surface area (Å²) in [7, 11) is 2.24. The second-order valence-corrected chi connectivity index (χ2v) is 8.73. The molecule has 0 aliphatic heterocycles. The molecule has 2 nitrogen and oxygen atoms in total. The molecule has 0 saturated heterocycles. The third-order valence-electron chi connectivity index (χ3n) is 1.84. The monoisotopic (exact) mass is 194 g/mol. The van der Waals surface area contributed by atoms with Gasteiger partial charge in [0.2, 0.25) is 0 Å². The van der Waals surface area contributed by atoms with Crippen molar-refractivity contribution in [3.05, 3.63) is 0 Å². The van der Waals surface area contributed by atoms with Crippen LogP contribution in [0, 0.1) is 0 Å². The SMILES string of the molecule is CCN[Si](Cl)(C(C)C)N(C)C. The number of nitrogens with zero attached hydrogens (tertiary/aromatic N) is 1. The molecule has 0 rings (SSSR count). The Labute approximate surface area is 75.8 Å². The van der Waals surface area contributed by atoms with E-state index in [1.165, 1.54) is 0 Å². The van der Waals surface area contributed by atoms with E-state index in [4.69, 9.17) is 11.1 Å². The molecule has 0 aromatic rings. The van der Waals surface area contributed by atoms with Gasteiger partial charge in [-0.05, 0) is 26.2 Å². The molecule has 1 atom stereocenters. The molecule has 0 fully saturated rings. The van der Waals surface area contributed by atoms with Gasteiger partial charge in [0.1, 0.15) is 0 Å². The number of nitrogens with one attached hydrogen (secondary N) is 1. The van der Waals surface area contributed by atoms with Crippen LogP contribution in [-0.4, -0.2) is 32.9 Å². The van der Waals surface area contributed by atoms with Crippen molar-refractivity contribution < 1.29 is 0 Å². The summed E-state index contributed by atoms with van der Waals surface area (Å²) in [5.74, 6) is 0. The molecule has 11 heavy (non-hydrogen) atoms. The van der Waals surface area contributed by atoms with E-state index in [9.17, 15) is 0 Å². The second kappa shape index (κ2) is 4.45. The molecule has 0 aromatic carbocycles. The van der Waals surface area contributed by atoms with Gasteiger partial charge in [-0.15, -0.1) is 11.1 Å². The van der Waals surface area contributed by atoms with E-state index in [1.807, 2.05) is 14.1 Å². The van der Waals surface area contributed by atoms with Crippen LogP contribution in [0.1, 0.15) is 20.8 Å². The fourth-order valence-corrected chi connectivity index (χ4v) is 3.78. The van der Waals surface area contributed by atoms with Crippen molar-refractivity contribution >= 4 is 18.8 Å². The molecule has 68 valence electrons. The lowest BCUT2D eigenvalue weighted by atomic mass is 10.6. The van der Waals surface area contributed by atoms with E-state index >= 15 is 0 Å². The van der Waals surface area contributed by atoms with Crippen molar-refractivity contribution in [2.24, 2.45) is 0 Å². The summed E-state index contributed by atoms with van der Waals surface area (Å²) >= 11 is 6.46. The van der Waals surface area contributed by atoms with Crippen molar-refractivity contribution in [2.75, 3.05) is 20.6 Å². The third kappa shape index (κ3) is 2.74. The Hall–Kier alpha value is 0.427. The van der Waals surface area contributed by atoms with E-state index in [0.29, 0.717) is 5.54 Å². The van der Waals surface area contributed by atoms with Crippen LogP contribution < -0.4 is 4.98 Å². The standard InChI is InChI=1S/C7H19ClN2Si/c1-6-9-11(8,7(2)3)10(4)5/h7,9H,6H2,1-5H3. The van der Waals surface area contributed by atoms with Gasteiger partial charge in [-0.3, -0.25) is 0 Å². The quantitative estimate of drug-likeness (QED) is 0.542. The summed E-state index contributed by atoms with van der Waals surface area (Å²) in [6.07, 6.45) is 0. The van der Waals surface area contributed by atoms with E-state index in [2.05, 4.69) is 30.3 Å². The van der Waals surface area contributed by atoms with Gasteiger partial charge in [0, 0.05) is 0 Å². The van der Waals surface area contributed by atoms with Crippen LogP contribution in [0.25, 0.3) is 0 Å². The minimum Gasteiger partial charge on any atom is -0.313 e. The molecule has 0 aromatic heterocycles. The molecule has 4 heteroatoms. The maximum atomic E-state index is 6.46. The molecule has 0 amide bonds. The molecule has 1 N–H and O–H groups in total. The zero-order valence-corrected chi connectivity index (χ0v) is 9.87. The molecule has 0 saturated carbocycles. The molecule has 0 spiro atoms. The predicted octanol–water partition coefficient (Wildman–Crippen LogP) is 1.75. The van der Waals surface area contributed by atoms with Crippen LogP contribution in [0.4, 0.5) is 0 Å². The smallest absolute Gasteiger partial charge is 0.307 e. The first kappa shape index (κ1) is 11.4. The molecule has 0 aliphatic carbocycles. The highest BCUT2D eigenvalue weighted by atomic mass is 35.6. The first-order valence-electron chi connectivity index (χ1n) is 4.06. The fraction of sp³-hybridized carbons (Fsp3) is 1.00. The van der Waals surface area contributed by atoms with E-state index in [0.717, 1.165) is 6.54 Å². The summed E-state index contributed by atoms with van der Waals surface area (Å²) < 4.78 is 2.14. The highest BCUT2D eigenvalue weighted by Gasteiger charge is 2.37. The Kier molecular flexibility index (Phi) is 4.62. The fourth-order valence-electron chi connectivity index (χ4n) is 1.13. The van der Waals surface area contributed by atoms with Gasteiger partial charge < -0.3 is 9.55 Å². The summed E-state index contributed by atoms with van der Waals surface area (Å²) in [6.45, 7) is 7.38. The Morgan fingerprint density at radius 3 is 2.00 bits per heavy atom. The maximum Gasteiger partial charge on any atom is 0.307 e. The van der Waals surface area contributed by atoms with Crippen molar-refractivity contribution in [3.63, 3.8) is 0 Å². The van der Waals surface area contributed by atoms with E-state index in [1.54, 1.807) is 0 Å². The average molecular weight is 195 g/mol. The van der Waals surface area contributed by atoms with E-state index < -0.39 is 7.71 Å². The molecule has 0 aliphatic rings. The zero-order valence-electron chi connectivity index (χ0n) is 8.11. The first-order chi connectivity index (χ1) is 4.95. The van der Waals surface area contributed by atoms with Crippen LogP contribution >= 0.6 is 11.1 Å². The van der Waals surface area contributed by atoms with Crippen molar-refractivity contribution in [2.45, 2.75) is 26.3 Å². The van der Waals surface area contributed by atoms with Crippen LogP contribution in [0.15, 0.2) is 0 Å². The second-order valence-electron chi connectivity index (χ2n) is 3.25. The Morgan fingerprint density at radius 1 is 1.45 bits per heavy atom. The minimum atomic E-state index is -1.85. The number of hydrogen-bond donors (Lipinski definition) is 1. The Balaban J connectivity index is 4.26. The first-order valence-corrected chi connectivity index (χ1v) is 7.10. The summed E-state index contributed by atoms with van der Waals surface area (Å²) in [5, 5.41) is 0. The lowest BCUT2D eigenvalue weighted by Crippen LogP contribution is -2.59. The highest BCUT2D eigenvalue weighted by molar-refractivity contribution is 7.17. The Morgan fingerprint density at radius 2 is 1.91 bits per heavy atom. The molecule has 0 radical (unpaired) electrons. The van der Waals surface area contributed by atoms with Gasteiger partial charge in [-0.1, -0.05) is 20.8 Å². The van der Waals surface area contributed by atoms with Gasteiger partial charge >= 0.3 is 7.71 Å². The van der Waals surface area contributed by atoms with Crippen LogP contribution in [0.5, 0.6) is 0 Å². The lowest BCUT2D eigenvalue weighted by Gasteiger charge is -2.34. The van der Waals surface area contributed by atoms with Gasteiger partial charge in [0.05, 0.1) is 0 Å². The van der Waals surface area contributed by atoms with Gasteiger partial charge in [0.15, 0.2) is 0 Å². The topological polar surface area (TPSA) is 15.3 Å². The van der Waals surface area contributed by atoms with Crippen molar-refractivity contribution in [1.82, 2.24) is 9.55 Å². The zero-order chi connectivity index (χ0) is 9.07. The number of rotatable bonds is 4. The lowest BCUT2D eigenvalue weighted by molar-refractivity contribution is 0.586. The summed E-state index contributed by atoms with van der Waals surface area (Å²) in [6, 6.07) is 0. The molecule has 0 bridgehead atoms. The summed E-state index contributed by atoms with van der Waals surface area (Å²) in [4.78, 5) is 3.39. The average Bonchev–Trinajstić information content (AvgIpc) is 1.87. The van der Waals surface area contributed by atoms with Crippen molar-refractivity contribution in [1.29, 1.82) is 0 Å². The Bertz CT molecular complexity index is 109. The predicted molar refractivity (Wildman–Crippen MR) is 54.1 cm³/mol. The van der Waals surface area contributed by atoms with Gasteiger partial charge in [0.25, 0.3) is 0 Å². The number of halogens is 1. The maximum absolute atomic E-state index is 6.46. The van der Waals surface area contributed by atoms with Crippen LogP contribution in [-0.2, 0) is 0 Å². The molecular weight excluding hydrogens is 176 g/mol. The van der Waals surface area contributed by atoms with Gasteiger partial charge in [-0.2, -0.15) is 0 Å².